The number of nitrogens with zero attached hydrogens (tertiary/aromatic N) is 1. The Balaban J connectivity index is 1.90. The van der Waals surface area contributed by atoms with Gasteiger partial charge in [0.05, 0.1) is 18.8 Å². The molecule has 0 spiro atoms. The molecule has 0 radical (unpaired) electrons. The van der Waals surface area contributed by atoms with E-state index in [1.165, 1.54) is 5.56 Å². The van der Waals surface area contributed by atoms with Gasteiger partial charge in [0.2, 0.25) is 0 Å². The average Bonchev–Trinajstić information content (AvgIpc) is 2.30. The molecule has 1 heterocycles. The summed E-state index contributed by atoms with van der Waals surface area (Å²) in [6.07, 6.45) is -0.434. The van der Waals surface area contributed by atoms with Crippen LogP contribution >= 0.6 is 0 Å². The highest BCUT2D eigenvalue weighted by molar-refractivity contribution is 5.14. The van der Waals surface area contributed by atoms with Gasteiger partial charge in [0.1, 0.15) is 0 Å². The van der Waals surface area contributed by atoms with Crippen LogP contribution in [0.25, 0.3) is 0 Å². The van der Waals surface area contributed by atoms with Crippen molar-refractivity contribution in [2.75, 3.05) is 19.7 Å². The van der Waals surface area contributed by atoms with Crippen LogP contribution in [0.15, 0.2) is 30.3 Å². The van der Waals surface area contributed by atoms with Gasteiger partial charge in [-0.15, -0.1) is 0 Å². The van der Waals surface area contributed by atoms with Gasteiger partial charge < -0.3 is 9.84 Å². The Morgan fingerprint density at radius 3 is 2.88 bits per heavy atom. The van der Waals surface area contributed by atoms with Gasteiger partial charge in [-0.05, 0) is 12.5 Å². The number of morpholine rings is 1. The first-order valence-corrected chi connectivity index (χ1v) is 5.81. The first-order chi connectivity index (χ1) is 7.75. The molecule has 3 heteroatoms. The molecule has 3 nitrogen and oxygen atoms in total. The third-order valence-electron chi connectivity index (χ3n) is 2.96. The maximum atomic E-state index is 9.51. The van der Waals surface area contributed by atoms with Crippen LogP contribution in [0.2, 0.25) is 0 Å². The third-order valence-corrected chi connectivity index (χ3v) is 2.96. The lowest BCUT2D eigenvalue weighted by Crippen LogP contribution is -2.46. The van der Waals surface area contributed by atoms with Crippen LogP contribution < -0.4 is 0 Å². The Kier molecular flexibility index (Phi) is 3.93. The minimum absolute atomic E-state index is 0.0440. The third kappa shape index (κ3) is 3.04. The van der Waals surface area contributed by atoms with E-state index in [4.69, 9.17) is 4.74 Å². The van der Waals surface area contributed by atoms with Crippen molar-refractivity contribution in [3.63, 3.8) is 0 Å². The van der Waals surface area contributed by atoms with Crippen LogP contribution in [-0.4, -0.2) is 41.9 Å². The van der Waals surface area contributed by atoms with Gasteiger partial charge in [0.15, 0.2) is 0 Å². The minimum atomic E-state index is -0.390. The number of aliphatic hydroxyl groups excluding tert-OH is 1. The van der Waals surface area contributed by atoms with E-state index in [9.17, 15) is 5.11 Å². The number of hydrogen-bond donors (Lipinski definition) is 1. The largest absolute Gasteiger partial charge is 0.391 e. The summed E-state index contributed by atoms with van der Waals surface area (Å²) in [6, 6.07) is 10.4. The Morgan fingerprint density at radius 2 is 2.19 bits per heavy atom. The fourth-order valence-electron chi connectivity index (χ4n) is 2.01. The van der Waals surface area contributed by atoms with Gasteiger partial charge in [-0.3, -0.25) is 4.90 Å². The topological polar surface area (TPSA) is 32.7 Å². The van der Waals surface area contributed by atoms with Crippen LogP contribution in [-0.2, 0) is 11.3 Å². The number of benzene rings is 1. The Morgan fingerprint density at radius 1 is 1.44 bits per heavy atom. The molecule has 1 saturated heterocycles. The fraction of sp³-hybridized carbons (Fsp3) is 0.538. The first-order valence-electron chi connectivity index (χ1n) is 5.81. The maximum absolute atomic E-state index is 9.51. The molecule has 1 fully saturated rings. The highest BCUT2D eigenvalue weighted by atomic mass is 16.5. The van der Waals surface area contributed by atoms with Crippen LogP contribution in [0.3, 0.4) is 0 Å². The molecule has 1 aliphatic heterocycles. The van der Waals surface area contributed by atoms with E-state index in [2.05, 4.69) is 29.2 Å². The van der Waals surface area contributed by atoms with Crippen LogP contribution in [0.5, 0.6) is 0 Å². The molecule has 2 atom stereocenters. The molecule has 0 saturated carbocycles. The van der Waals surface area contributed by atoms with Crippen molar-refractivity contribution in [1.82, 2.24) is 4.90 Å². The summed E-state index contributed by atoms with van der Waals surface area (Å²) in [4.78, 5) is 2.33. The molecule has 1 aromatic carbocycles. The van der Waals surface area contributed by atoms with E-state index in [-0.39, 0.29) is 6.10 Å². The van der Waals surface area contributed by atoms with Gasteiger partial charge in [-0.25, -0.2) is 0 Å². The quantitative estimate of drug-likeness (QED) is 0.834. The molecule has 1 N–H and O–H groups in total. The molecule has 16 heavy (non-hydrogen) atoms. The highest BCUT2D eigenvalue weighted by Crippen LogP contribution is 2.12. The van der Waals surface area contributed by atoms with Crippen molar-refractivity contribution in [3.05, 3.63) is 35.9 Å². The second-order valence-corrected chi connectivity index (χ2v) is 4.37. The molecular weight excluding hydrogens is 202 g/mol. The minimum Gasteiger partial charge on any atom is -0.391 e. The number of aliphatic hydroxyl groups is 1. The lowest BCUT2D eigenvalue weighted by molar-refractivity contribution is -0.0845. The zero-order valence-corrected chi connectivity index (χ0v) is 9.67. The molecule has 1 aromatic rings. The molecule has 1 unspecified atom stereocenters. The predicted molar refractivity (Wildman–Crippen MR) is 63.1 cm³/mol. The van der Waals surface area contributed by atoms with Gasteiger partial charge in [0, 0.05) is 19.6 Å². The van der Waals surface area contributed by atoms with E-state index in [1.54, 1.807) is 6.92 Å². The molecule has 0 amide bonds. The Bertz CT molecular complexity index is 313. The zero-order chi connectivity index (χ0) is 11.4. The van der Waals surface area contributed by atoms with E-state index in [1.807, 2.05) is 6.07 Å². The average molecular weight is 221 g/mol. The molecule has 0 bridgehead atoms. The summed E-state index contributed by atoms with van der Waals surface area (Å²) in [7, 11) is 0. The van der Waals surface area contributed by atoms with E-state index in [0.29, 0.717) is 6.61 Å². The van der Waals surface area contributed by atoms with Gasteiger partial charge in [-0.2, -0.15) is 0 Å². The standard InChI is InChI=1S/C13H19NO2/c1-11(15)13-10-14(7-8-16-13)9-12-5-3-2-4-6-12/h2-6,11,13,15H,7-10H2,1H3/t11-,13?/m0/s1. The number of rotatable bonds is 3. The molecule has 0 aliphatic carbocycles. The summed E-state index contributed by atoms with van der Waals surface area (Å²) in [6.45, 7) is 5.19. The van der Waals surface area contributed by atoms with Crippen molar-refractivity contribution >= 4 is 0 Å². The smallest absolute Gasteiger partial charge is 0.0958 e. The summed E-state index contributed by atoms with van der Waals surface area (Å²) in [5.41, 5.74) is 1.31. The second-order valence-electron chi connectivity index (χ2n) is 4.37. The van der Waals surface area contributed by atoms with Crippen molar-refractivity contribution in [3.8, 4) is 0 Å². The lowest BCUT2D eigenvalue weighted by Gasteiger charge is -2.34. The van der Waals surface area contributed by atoms with E-state index >= 15 is 0 Å². The molecule has 1 aliphatic rings. The van der Waals surface area contributed by atoms with Crippen LogP contribution in [0.4, 0.5) is 0 Å². The Hall–Kier alpha value is -0.900. The van der Waals surface area contributed by atoms with E-state index < -0.39 is 6.10 Å². The first kappa shape index (κ1) is 11.6. The van der Waals surface area contributed by atoms with E-state index in [0.717, 1.165) is 19.6 Å². The summed E-state index contributed by atoms with van der Waals surface area (Å²) in [5.74, 6) is 0. The van der Waals surface area contributed by atoms with Gasteiger partial charge >= 0.3 is 0 Å². The van der Waals surface area contributed by atoms with Crippen LogP contribution in [0, 0.1) is 0 Å². The predicted octanol–water partition coefficient (Wildman–Crippen LogP) is 1.27. The van der Waals surface area contributed by atoms with Gasteiger partial charge in [-0.1, -0.05) is 30.3 Å². The second kappa shape index (κ2) is 5.43. The van der Waals surface area contributed by atoms with Crippen molar-refractivity contribution in [2.45, 2.75) is 25.7 Å². The number of hydrogen-bond acceptors (Lipinski definition) is 3. The molecule has 88 valence electrons. The lowest BCUT2D eigenvalue weighted by atomic mass is 10.1. The summed E-state index contributed by atoms with van der Waals surface area (Å²) >= 11 is 0. The van der Waals surface area contributed by atoms with Crippen molar-refractivity contribution < 1.29 is 9.84 Å². The molecule has 2 rings (SSSR count). The molecular formula is C13H19NO2. The zero-order valence-electron chi connectivity index (χ0n) is 9.67. The highest BCUT2D eigenvalue weighted by Gasteiger charge is 2.23. The summed E-state index contributed by atoms with van der Waals surface area (Å²) < 4.78 is 5.52. The number of ether oxygens (including phenoxy) is 1. The normalized spacial score (nSPS) is 24.2. The van der Waals surface area contributed by atoms with Crippen molar-refractivity contribution in [1.29, 1.82) is 0 Å². The maximum Gasteiger partial charge on any atom is 0.0958 e. The SMILES string of the molecule is C[C@H](O)C1CN(Cc2ccccc2)CCO1. The fourth-order valence-corrected chi connectivity index (χ4v) is 2.01. The van der Waals surface area contributed by atoms with Crippen LogP contribution in [0.1, 0.15) is 12.5 Å². The monoisotopic (exact) mass is 221 g/mol. The van der Waals surface area contributed by atoms with Gasteiger partial charge in [0.25, 0.3) is 0 Å². The van der Waals surface area contributed by atoms with Crippen molar-refractivity contribution in [2.24, 2.45) is 0 Å². The Labute approximate surface area is 96.6 Å². The summed E-state index contributed by atoms with van der Waals surface area (Å²) in [5, 5.41) is 9.51. The molecule has 0 aromatic heterocycles.